The summed E-state index contributed by atoms with van der Waals surface area (Å²) in [7, 11) is 0. The zero-order chi connectivity index (χ0) is 29.0. The van der Waals surface area contributed by atoms with Gasteiger partial charge in [-0.15, -0.1) is 0 Å². The lowest BCUT2D eigenvalue weighted by Crippen LogP contribution is -2.15. The van der Waals surface area contributed by atoms with Crippen LogP contribution in [0, 0.1) is 0 Å². The van der Waals surface area contributed by atoms with Gasteiger partial charge in [0.15, 0.2) is 5.58 Å². The van der Waals surface area contributed by atoms with E-state index in [4.69, 9.17) is 9.40 Å². The maximum absolute atomic E-state index is 6.27. The predicted octanol–water partition coefficient (Wildman–Crippen LogP) is 10.9. The van der Waals surface area contributed by atoms with Crippen molar-refractivity contribution >= 4 is 28.2 Å². The summed E-state index contributed by atoms with van der Waals surface area (Å²) in [6, 6.07) is 51.3. The minimum Gasteiger partial charge on any atom is -0.436 e. The van der Waals surface area contributed by atoms with Crippen LogP contribution in [0.3, 0.4) is 0 Å². The van der Waals surface area contributed by atoms with E-state index in [1.165, 1.54) is 33.4 Å². The second kappa shape index (κ2) is 9.85. The standard InChI is InChI=1S/C40H30N2O/c1-40(2)35-23-22-32(24-33(35)34-25-37-38(26-36(34)40)43-39(41-37)29-14-8-4-9-15-29)42(30-16-10-5-11-17-30)31-20-18-28(19-21-31)27-12-6-3-7-13-27/h3-26H,1-2H3. The van der Waals surface area contributed by atoms with Crippen LogP contribution >= 0.6 is 0 Å². The number of oxazole rings is 1. The average molecular weight is 555 g/mol. The fourth-order valence-corrected chi connectivity index (χ4v) is 6.46. The zero-order valence-corrected chi connectivity index (χ0v) is 24.2. The molecule has 8 rings (SSSR count). The Bertz CT molecular complexity index is 2080. The molecular formula is C40H30N2O. The Morgan fingerprint density at radius 1 is 0.512 bits per heavy atom. The third-order valence-electron chi connectivity index (χ3n) is 8.69. The molecule has 0 fully saturated rings. The van der Waals surface area contributed by atoms with Crippen LogP contribution in [0.5, 0.6) is 0 Å². The molecule has 0 atom stereocenters. The molecule has 0 unspecified atom stereocenters. The highest BCUT2D eigenvalue weighted by Crippen LogP contribution is 2.52. The van der Waals surface area contributed by atoms with E-state index in [2.05, 4.69) is 134 Å². The van der Waals surface area contributed by atoms with E-state index >= 15 is 0 Å². The number of aromatic nitrogens is 1. The van der Waals surface area contributed by atoms with Crippen molar-refractivity contribution in [1.82, 2.24) is 4.98 Å². The van der Waals surface area contributed by atoms with Crippen LogP contribution in [0.2, 0.25) is 0 Å². The topological polar surface area (TPSA) is 29.3 Å². The summed E-state index contributed by atoms with van der Waals surface area (Å²) in [6.45, 7) is 4.60. The van der Waals surface area contributed by atoms with Crippen LogP contribution < -0.4 is 4.90 Å². The lowest BCUT2D eigenvalue weighted by atomic mass is 9.82. The molecule has 0 aliphatic heterocycles. The number of hydrogen-bond acceptors (Lipinski definition) is 3. The van der Waals surface area contributed by atoms with Gasteiger partial charge in [0, 0.05) is 28.0 Å². The van der Waals surface area contributed by atoms with Crippen molar-refractivity contribution in [3.8, 4) is 33.7 Å². The summed E-state index contributed by atoms with van der Waals surface area (Å²) in [5.41, 5.74) is 13.3. The molecule has 43 heavy (non-hydrogen) atoms. The van der Waals surface area contributed by atoms with Crippen molar-refractivity contribution in [3.63, 3.8) is 0 Å². The first-order valence-corrected chi connectivity index (χ1v) is 14.7. The normalized spacial score (nSPS) is 13.1. The number of hydrogen-bond donors (Lipinski definition) is 0. The van der Waals surface area contributed by atoms with Gasteiger partial charge in [-0.3, -0.25) is 0 Å². The number of anilines is 3. The second-order valence-electron chi connectivity index (χ2n) is 11.7. The molecule has 3 heteroatoms. The summed E-state index contributed by atoms with van der Waals surface area (Å²) in [4.78, 5) is 7.23. The Balaban J connectivity index is 1.25. The zero-order valence-electron chi connectivity index (χ0n) is 24.2. The van der Waals surface area contributed by atoms with E-state index in [9.17, 15) is 0 Å². The Hall–Kier alpha value is -5.41. The molecule has 7 aromatic rings. The van der Waals surface area contributed by atoms with Gasteiger partial charge in [0.2, 0.25) is 5.89 Å². The van der Waals surface area contributed by atoms with Gasteiger partial charge in [0.25, 0.3) is 0 Å². The van der Waals surface area contributed by atoms with Crippen LogP contribution in [-0.4, -0.2) is 4.98 Å². The molecule has 1 aliphatic rings. The second-order valence-corrected chi connectivity index (χ2v) is 11.7. The summed E-state index contributed by atoms with van der Waals surface area (Å²) in [6.07, 6.45) is 0. The molecule has 6 aromatic carbocycles. The summed E-state index contributed by atoms with van der Waals surface area (Å²) in [5, 5.41) is 0. The van der Waals surface area contributed by atoms with E-state index in [-0.39, 0.29) is 5.41 Å². The third-order valence-corrected chi connectivity index (χ3v) is 8.69. The number of para-hydroxylation sites is 1. The smallest absolute Gasteiger partial charge is 0.227 e. The molecule has 0 amide bonds. The highest BCUT2D eigenvalue weighted by atomic mass is 16.3. The minimum atomic E-state index is -0.161. The van der Waals surface area contributed by atoms with Crippen molar-refractivity contribution in [1.29, 1.82) is 0 Å². The van der Waals surface area contributed by atoms with E-state index < -0.39 is 0 Å². The van der Waals surface area contributed by atoms with E-state index in [1.807, 2.05) is 30.3 Å². The van der Waals surface area contributed by atoms with Crippen LogP contribution in [0.25, 0.3) is 44.8 Å². The van der Waals surface area contributed by atoms with E-state index in [1.54, 1.807) is 0 Å². The van der Waals surface area contributed by atoms with Crippen molar-refractivity contribution in [2.75, 3.05) is 4.90 Å². The molecule has 0 spiro atoms. The molecule has 0 radical (unpaired) electrons. The van der Waals surface area contributed by atoms with Gasteiger partial charge in [-0.1, -0.05) is 98.8 Å². The fourth-order valence-electron chi connectivity index (χ4n) is 6.46. The molecule has 0 saturated heterocycles. The summed E-state index contributed by atoms with van der Waals surface area (Å²) >= 11 is 0. The summed E-state index contributed by atoms with van der Waals surface area (Å²) < 4.78 is 6.27. The monoisotopic (exact) mass is 554 g/mol. The highest BCUT2D eigenvalue weighted by Gasteiger charge is 2.37. The van der Waals surface area contributed by atoms with Gasteiger partial charge in [-0.2, -0.15) is 0 Å². The van der Waals surface area contributed by atoms with E-state index in [0.29, 0.717) is 5.89 Å². The van der Waals surface area contributed by atoms with Crippen LogP contribution in [-0.2, 0) is 5.41 Å². The van der Waals surface area contributed by atoms with Gasteiger partial charge in [0.05, 0.1) is 0 Å². The molecule has 3 nitrogen and oxygen atoms in total. The van der Waals surface area contributed by atoms with Crippen molar-refractivity contribution in [2.24, 2.45) is 0 Å². The minimum absolute atomic E-state index is 0.161. The first kappa shape index (κ1) is 25.3. The lowest BCUT2D eigenvalue weighted by Gasteiger charge is -2.27. The maximum Gasteiger partial charge on any atom is 0.227 e. The number of nitrogens with zero attached hydrogens (tertiary/aromatic N) is 2. The SMILES string of the molecule is CC1(C)c2ccc(N(c3ccccc3)c3ccc(-c4ccccc4)cc3)cc2-c2cc3nc(-c4ccccc4)oc3cc21. The number of rotatable bonds is 5. The molecule has 0 bridgehead atoms. The van der Waals surface area contributed by atoms with Crippen molar-refractivity contribution in [3.05, 3.63) is 157 Å². The lowest BCUT2D eigenvalue weighted by molar-refractivity contribution is 0.614. The maximum atomic E-state index is 6.27. The Labute approximate surface area is 251 Å². The van der Waals surface area contributed by atoms with Gasteiger partial charge in [-0.25, -0.2) is 4.98 Å². The fraction of sp³-hybridized carbons (Fsp3) is 0.0750. The molecule has 1 heterocycles. The van der Waals surface area contributed by atoms with Crippen LogP contribution in [0.1, 0.15) is 25.0 Å². The third kappa shape index (κ3) is 4.24. The van der Waals surface area contributed by atoms with Gasteiger partial charge in [-0.05, 0) is 94.0 Å². The average Bonchev–Trinajstić information content (AvgIpc) is 3.58. The first-order chi connectivity index (χ1) is 21.1. The molecule has 0 saturated carbocycles. The predicted molar refractivity (Wildman–Crippen MR) is 177 cm³/mol. The van der Waals surface area contributed by atoms with Crippen LogP contribution in [0.4, 0.5) is 17.1 Å². The van der Waals surface area contributed by atoms with Gasteiger partial charge < -0.3 is 9.32 Å². The molecule has 1 aromatic heterocycles. The first-order valence-electron chi connectivity index (χ1n) is 14.7. The molecule has 0 N–H and O–H groups in total. The summed E-state index contributed by atoms with van der Waals surface area (Å²) in [5.74, 6) is 0.653. The molecule has 1 aliphatic carbocycles. The van der Waals surface area contributed by atoms with Crippen molar-refractivity contribution in [2.45, 2.75) is 19.3 Å². The largest absolute Gasteiger partial charge is 0.436 e. The van der Waals surface area contributed by atoms with Crippen molar-refractivity contribution < 1.29 is 4.42 Å². The Morgan fingerprint density at radius 3 is 1.77 bits per heavy atom. The quantitative estimate of drug-likeness (QED) is 0.212. The highest BCUT2D eigenvalue weighted by molar-refractivity contribution is 5.92. The number of benzene rings is 6. The molecule has 206 valence electrons. The van der Waals surface area contributed by atoms with Gasteiger partial charge >= 0.3 is 0 Å². The van der Waals surface area contributed by atoms with E-state index in [0.717, 1.165) is 33.7 Å². The van der Waals surface area contributed by atoms with Gasteiger partial charge in [0.1, 0.15) is 5.52 Å². The molecular weight excluding hydrogens is 524 g/mol. The Morgan fingerprint density at radius 2 is 1.07 bits per heavy atom. The number of fused-ring (bicyclic) bond motifs is 4. The Kier molecular flexibility index (Phi) is 5.80. The van der Waals surface area contributed by atoms with Crippen LogP contribution in [0.15, 0.2) is 150 Å².